The first-order chi connectivity index (χ1) is 25.8. The van der Waals surface area contributed by atoms with Gasteiger partial charge in [-0.15, -0.1) is 0 Å². The Labute approximate surface area is 316 Å². The number of hydrogen-bond donors (Lipinski definition) is 0. The molecule has 0 atom stereocenters. The van der Waals surface area contributed by atoms with Gasteiger partial charge in [-0.3, -0.25) is 9.80 Å². The van der Waals surface area contributed by atoms with Crippen molar-refractivity contribution in [2.45, 2.75) is 142 Å². The summed E-state index contributed by atoms with van der Waals surface area (Å²) in [6.45, 7) is 7.26. The zero-order valence-electron chi connectivity index (χ0n) is 32.5. The summed E-state index contributed by atoms with van der Waals surface area (Å²) in [5.74, 6) is 3.45. The first-order valence-corrected chi connectivity index (χ1v) is 22.2. The highest BCUT2D eigenvalue weighted by Gasteiger charge is 2.27. The molecule has 0 spiro atoms. The van der Waals surface area contributed by atoms with E-state index in [9.17, 15) is 0 Å². The zero-order chi connectivity index (χ0) is 35.0. The second-order valence-electron chi connectivity index (χ2n) is 18.0. The molecule has 0 aromatic heterocycles. The van der Waals surface area contributed by atoms with Crippen molar-refractivity contribution in [3.8, 4) is 11.1 Å². The number of benzene rings is 4. The summed E-state index contributed by atoms with van der Waals surface area (Å²) in [5, 5.41) is 5.65. The maximum atomic E-state index is 2.95. The predicted octanol–water partition coefficient (Wildman–Crippen LogP) is 13.6. The van der Waals surface area contributed by atoms with Crippen molar-refractivity contribution < 1.29 is 0 Å². The third-order valence-corrected chi connectivity index (χ3v) is 14.0. The molecule has 0 N–H and O–H groups in total. The van der Waals surface area contributed by atoms with Crippen molar-refractivity contribution in [3.05, 3.63) is 83.9 Å². The molecule has 0 amide bonds. The summed E-state index contributed by atoms with van der Waals surface area (Å²) >= 11 is 0. The predicted molar refractivity (Wildman–Crippen MR) is 224 cm³/mol. The van der Waals surface area contributed by atoms with Crippen LogP contribution in [0.15, 0.2) is 72.8 Å². The van der Waals surface area contributed by atoms with E-state index in [4.69, 9.17) is 0 Å². The first kappa shape index (κ1) is 36.3. The Balaban J connectivity index is 1.20. The summed E-state index contributed by atoms with van der Waals surface area (Å²) in [4.78, 5) is 5.89. The van der Waals surface area contributed by atoms with E-state index < -0.39 is 0 Å². The van der Waals surface area contributed by atoms with E-state index >= 15 is 0 Å². The molecule has 2 nitrogen and oxygen atoms in total. The van der Waals surface area contributed by atoms with Gasteiger partial charge >= 0.3 is 0 Å². The van der Waals surface area contributed by atoms with Crippen LogP contribution in [0.1, 0.15) is 140 Å². The Morgan fingerprint density at radius 1 is 0.346 bits per heavy atom. The molecule has 0 unspecified atom stereocenters. The van der Waals surface area contributed by atoms with Crippen LogP contribution in [0.25, 0.3) is 32.7 Å². The molecule has 52 heavy (non-hydrogen) atoms. The van der Waals surface area contributed by atoms with Crippen molar-refractivity contribution in [3.63, 3.8) is 0 Å². The Bertz CT molecular complexity index is 1530. The molecule has 4 fully saturated rings. The average molecular weight is 697 g/mol. The molecule has 278 valence electrons. The topological polar surface area (TPSA) is 6.48 Å². The number of rotatable bonds is 13. The van der Waals surface area contributed by atoms with E-state index in [1.807, 2.05) is 0 Å². The van der Waals surface area contributed by atoms with Gasteiger partial charge in [0.05, 0.1) is 0 Å². The van der Waals surface area contributed by atoms with E-state index in [2.05, 4.69) is 82.6 Å². The van der Waals surface area contributed by atoms with E-state index in [1.165, 1.54) is 187 Å². The molecule has 8 rings (SSSR count). The van der Waals surface area contributed by atoms with Crippen LogP contribution in [-0.2, 0) is 13.1 Å². The fourth-order valence-electron chi connectivity index (χ4n) is 11.3. The van der Waals surface area contributed by atoms with Gasteiger partial charge in [-0.2, -0.15) is 0 Å². The number of nitrogens with zero attached hydrogens (tertiary/aromatic N) is 2. The minimum atomic E-state index is 0.863. The molecule has 4 aliphatic rings. The van der Waals surface area contributed by atoms with Crippen LogP contribution in [0, 0.1) is 23.7 Å². The van der Waals surface area contributed by atoms with E-state index in [1.54, 1.807) is 11.1 Å². The van der Waals surface area contributed by atoms with Gasteiger partial charge in [0.2, 0.25) is 0 Å². The molecule has 4 saturated carbocycles. The fourth-order valence-corrected chi connectivity index (χ4v) is 11.3. The van der Waals surface area contributed by atoms with Gasteiger partial charge in [0.1, 0.15) is 0 Å². The lowest BCUT2D eigenvalue weighted by atomic mass is 9.84. The molecule has 4 aromatic rings. The molecule has 0 saturated heterocycles. The lowest BCUT2D eigenvalue weighted by molar-refractivity contribution is 0.153. The van der Waals surface area contributed by atoms with Gasteiger partial charge < -0.3 is 0 Å². The van der Waals surface area contributed by atoms with Crippen LogP contribution in [-0.4, -0.2) is 36.0 Å². The fraction of sp³-hybridized carbons (Fsp3) is 0.600. The third-order valence-electron chi connectivity index (χ3n) is 14.0. The lowest BCUT2D eigenvalue weighted by Gasteiger charge is -2.35. The van der Waals surface area contributed by atoms with Gasteiger partial charge in [0.25, 0.3) is 0 Å². The van der Waals surface area contributed by atoms with Crippen LogP contribution in [0.2, 0.25) is 0 Å². The SMILES string of the molecule is c1ccc2c(-c3c(CN(CC4CCCCC4)CC4CCCCC4)ccc4ccccc34)c(CN(CC3CCCCC3)CC3CCCCC3)ccc2c1. The molecular formula is C50H68N2. The van der Waals surface area contributed by atoms with Crippen molar-refractivity contribution in [2.75, 3.05) is 26.2 Å². The van der Waals surface area contributed by atoms with Crippen molar-refractivity contribution >= 4 is 21.5 Å². The van der Waals surface area contributed by atoms with Gasteiger partial charge in [0.15, 0.2) is 0 Å². The average Bonchev–Trinajstić information content (AvgIpc) is 3.19. The Morgan fingerprint density at radius 3 is 0.981 bits per heavy atom. The summed E-state index contributed by atoms with van der Waals surface area (Å²) in [6, 6.07) is 28.6. The summed E-state index contributed by atoms with van der Waals surface area (Å²) in [7, 11) is 0. The van der Waals surface area contributed by atoms with Crippen LogP contribution in [0.5, 0.6) is 0 Å². The van der Waals surface area contributed by atoms with Gasteiger partial charge in [-0.05, 0) is 119 Å². The number of hydrogen-bond acceptors (Lipinski definition) is 2. The minimum absolute atomic E-state index is 0.863. The highest BCUT2D eigenvalue weighted by molar-refractivity contribution is 6.07. The smallest absolute Gasteiger partial charge is 0.0240 e. The molecule has 0 bridgehead atoms. The quantitative estimate of drug-likeness (QED) is 0.137. The first-order valence-electron chi connectivity index (χ1n) is 22.2. The van der Waals surface area contributed by atoms with Gasteiger partial charge in [-0.25, -0.2) is 0 Å². The van der Waals surface area contributed by atoms with Crippen molar-refractivity contribution in [1.29, 1.82) is 0 Å². The molecule has 4 aliphatic carbocycles. The van der Waals surface area contributed by atoms with Crippen molar-refractivity contribution in [1.82, 2.24) is 9.80 Å². The highest BCUT2D eigenvalue weighted by Crippen LogP contribution is 2.41. The largest absolute Gasteiger partial charge is 0.299 e. The third kappa shape index (κ3) is 9.15. The molecule has 2 heteroatoms. The number of fused-ring (bicyclic) bond motifs is 2. The molecular weight excluding hydrogens is 629 g/mol. The van der Waals surface area contributed by atoms with Crippen LogP contribution in [0.3, 0.4) is 0 Å². The Hall–Kier alpha value is -2.68. The van der Waals surface area contributed by atoms with Crippen LogP contribution >= 0.6 is 0 Å². The maximum Gasteiger partial charge on any atom is 0.0240 e. The summed E-state index contributed by atoms with van der Waals surface area (Å²) in [6.07, 6.45) is 28.6. The lowest BCUT2D eigenvalue weighted by Crippen LogP contribution is -2.35. The Kier molecular flexibility index (Phi) is 12.6. The van der Waals surface area contributed by atoms with Gasteiger partial charge in [-0.1, -0.05) is 150 Å². The van der Waals surface area contributed by atoms with Crippen molar-refractivity contribution in [2.24, 2.45) is 23.7 Å². The summed E-state index contributed by atoms with van der Waals surface area (Å²) < 4.78 is 0. The second-order valence-corrected chi connectivity index (χ2v) is 18.0. The normalized spacial score (nSPS) is 20.4. The van der Waals surface area contributed by atoms with E-state index in [0.717, 1.165) is 36.8 Å². The molecule has 0 radical (unpaired) electrons. The monoisotopic (exact) mass is 697 g/mol. The highest BCUT2D eigenvalue weighted by atomic mass is 15.1. The molecule has 0 aliphatic heterocycles. The maximum absolute atomic E-state index is 2.95. The Morgan fingerprint density at radius 2 is 0.654 bits per heavy atom. The van der Waals surface area contributed by atoms with Crippen LogP contribution in [0.4, 0.5) is 0 Å². The standard InChI is InChI=1S/C50H68N2/c1-5-17-39(18-6-1)33-51(34-40-19-7-2-8-20-40)37-45-31-29-43-25-13-15-27-47(43)49(45)50-46(32-30-44-26-14-16-28-48(44)50)38-52(35-41-21-9-3-10-22-41)36-42-23-11-4-12-24-42/h13-16,25-32,39-42H,1-12,17-24,33-38H2. The molecule has 4 aromatic carbocycles. The summed E-state index contributed by atoms with van der Waals surface area (Å²) in [5.41, 5.74) is 6.15. The van der Waals surface area contributed by atoms with E-state index in [0.29, 0.717) is 0 Å². The van der Waals surface area contributed by atoms with Gasteiger partial charge in [0, 0.05) is 39.3 Å². The van der Waals surface area contributed by atoms with Crippen LogP contribution < -0.4 is 0 Å². The van der Waals surface area contributed by atoms with E-state index in [-0.39, 0.29) is 0 Å². The zero-order valence-corrected chi connectivity index (χ0v) is 32.5. The second kappa shape index (κ2) is 18.1. The molecule has 0 heterocycles. The minimum Gasteiger partial charge on any atom is -0.299 e.